The van der Waals surface area contributed by atoms with Gasteiger partial charge in [0.05, 0.1) is 17.1 Å². The highest BCUT2D eigenvalue weighted by Crippen LogP contribution is 2.30. The molecule has 0 aliphatic rings. The summed E-state index contributed by atoms with van der Waals surface area (Å²) in [7, 11) is 0. The van der Waals surface area contributed by atoms with E-state index >= 15 is 0 Å². The van der Waals surface area contributed by atoms with Gasteiger partial charge in [0.1, 0.15) is 5.75 Å². The Morgan fingerprint density at radius 1 is 1.03 bits per heavy atom. The Bertz CT molecular complexity index is 860. The summed E-state index contributed by atoms with van der Waals surface area (Å²) >= 11 is 0. The number of hydrogen-bond donors (Lipinski definition) is 3. The monoisotopic (exact) mass is 413 g/mol. The number of anilines is 3. The topological polar surface area (TPSA) is 76.4 Å². The molecule has 0 spiro atoms. The molecule has 5 nitrogen and oxygen atoms in total. The van der Waals surface area contributed by atoms with E-state index in [1.54, 1.807) is 0 Å². The fourth-order valence-corrected chi connectivity index (χ4v) is 2.52. The number of hydrogen-bond acceptors (Lipinski definition) is 4. The van der Waals surface area contributed by atoms with Crippen molar-refractivity contribution >= 4 is 23.0 Å². The molecule has 0 bridgehead atoms. The Hall–Kier alpha value is -2.97. The van der Waals surface area contributed by atoms with E-state index in [1.807, 2.05) is 20.8 Å². The fraction of sp³-hybridized carbons (Fsp3) is 0.350. The first-order valence-corrected chi connectivity index (χ1v) is 8.80. The molecule has 158 valence electrons. The summed E-state index contributed by atoms with van der Waals surface area (Å²) in [5, 5.41) is 5.42. The van der Waals surface area contributed by atoms with Crippen molar-refractivity contribution < 1.29 is 27.1 Å². The second-order valence-electron chi connectivity index (χ2n) is 7.72. The lowest BCUT2D eigenvalue weighted by Gasteiger charge is -2.18. The van der Waals surface area contributed by atoms with Gasteiger partial charge < -0.3 is 21.1 Å². The van der Waals surface area contributed by atoms with Crippen LogP contribution >= 0.6 is 0 Å². The van der Waals surface area contributed by atoms with Gasteiger partial charge in [-0.05, 0) is 35.2 Å². The first-order valence-electron chi connectivity index (χ1n) is 8.80. The van der Waals surface area contributed by atoms with E-state index in [0.717, 1.165) is 0 Å². The molecule has 0 heterocycles. The van der Waals surface area contributed by atoms with Crippen LogP contribution in [0.3, 0.4) is 0 Å². The maximum absolute atomic E-state index is 14.5. The molecule has 0 radical (unpaired) electrons. The van der Waals surface area contributed by atoms with E-state index in [2.05, 4.69) is 15.4 Å². The molecule has 0 aromatic heterocycles. The molecule has 2 aromatic rings. The zero-order valence-corrected chi connectivity index (χ0v) is 16.3. The minimum atomic E-state index is -4.76. The number of carbonyl (C=O) groups excluding carboxylic acids is 1. The summed E-state index contributed by atoms with van der Waals surface area (Å²) in [5.74, 6) is -1.34. The van der Waals surface area contributed by atoms with Crippen molar-refractivity contribution in [2.75, 3.05) is 16.4 Å². The van der Waals surface area contributed by atoms with Crippen molar-refractivity contribution in [1.82, 2.24) is 0 Å². The molecular formula is C20H23F4N3O2. The van der Waals surface area contributed by atoms with Crippen LogP contribution < -0.4 is 21.1 Å². The number of carbonyl (C=O) groups is 1. The van der Waals surface area contributed by atoms with Gasteiger partial charge in [-0.15, -0.1) is 13.2 Å². The van der Waals surface area contributed by atoms with E-state index in [4.69, 9.17) is 5.73 Å². The lowest BCUT2D eigenvalue weighted by atomic mass is 9.92. The van der Waals surface area contributed by atoms with Crippen molar-refractivity contribution in [3.8, 4) is 5.75 Å². The van der Waals surface area contributed by atoms with Crippen LogP contribution in [0, 0.1) is 11.2 Å². The van der Waals surface area contributed by atoms with Crippen LogP contribution in [0.2, 0.25) is 0 Å². The van der Waals surface area contributed by atoms with E-state index in [0.29, 0.717) is 5.56 Å². The molecule has 29 heavy (non-hydrogen) atoms. The van der Waals surface area contributed by atoms with Gasteiger partial charge >= 0.3 is 6.36 Å². The van der Waals surface area contributed by atoms with Crippen LogP contribution in [-0.4, -0.2) is 12.3 Å². The van der Waals surface area contributed by atoms with Crippen LogP contribution in [0.4, 0.5) is 34.6 Å². The van der Waals surface area contributed by atoms with Crippen molar-refractivity contribution in [1.29, 1.82) is 0 Å². The molecule has 0 aliphatic carbocycles. The van der Waals surface area contributed by atoms with Gasteiger partial charge in [-0.25, -0.2) is 4.39 Å². The summed E-state index contributed by atoms with van der Waals surface area (Å²) in [6, 6.07) is 8.11. The van der Waals surface area contributed by atoms with E-state index < -0.39 is 12.2 Å². The Morgan fingerprint density at radius 3 is 2.17 bits per heavy atom. The molecule has 0 saturated heterocycles. The fourth-order valence-electron chi connectivity index (χ4n) is 2.52. The molecule has 4 N–H and O–H groups in total. The molecule has 2 rings (SSSR count). The average molecular weight is 413 g/mol. The van der Waals surface area contributed by atoms with Crippen molar-refractivity contribution in [2.45, 2.75) is 40.1 Å². The molecule has 1 amide bonds. The number of nitrogens with two attached hydrogens (primary N) is 1. The molecule has 0 fully saturated rings. The Labute approximate surface area is 166 Å². The number of rotatable bonds is 6. The standard InChI is InChI=1S/C20H23F4N3O2/c1-19(2,3)10-16(28)27-15-9-8-14(17(21)18(15)25)26-11-12-4-6-13(7-5-12)29-20(22,23)24/h4-9,26H,10-11,25H2,1-3H3,(H,27,28). The zero-order valence-electron chi connectivity index (χ0n) is 16.3. The number of amides is 1. The number of halogens is 4. The van der Waals surface area contributed by atoms with Crippen molar-refractivity contribution in [3.05, 3.63) is 47.8 Å². The van der Waals surface area contributed by atoms with Crippen LogP contribution in [0.5, 0.6) is 5.75 Å². The molecule has 0 unspecified atom stereocenters. The number of ether oxygens (including phenoxy) is 1. The molecule has 9 heteroatoms. The SMILES string of the molecule is CC(C)(C)CC(=O)Nc1ccc(NCc2ccc(OC(F)(F)F)cc2)c(F)c1N. The van der Waals surface area contributed by atoms with Gasteiger partial charge in [-0.1, -0.05) is 32.9 Å². The molecular weight excluding hydrogens is 390 g/mol. The third-order valence-corrected chi connectivity index (χ3v) is 3.78. The lowest BCUT2D eigenvalue weighted by molar-refractivity contribution is -0.274. The van der Waals surface area contributed by atoms with Crippen LogP contribution in [0.1, 0.15) is 32.8 Å². The summed E-state index contributed by atoms with van der Waals surface area (Å²) < 4.78 is 54.8. The van der Waals surface area contributed by atoms with E-state index in [-0.39, 0.29) is 47.1 Å². The number of benzene rings is 2. The quantitative estimate of drug-likeness (QED) is 0.444. The molecule has 0 atom stereocenters. The first kappa shape index (κ1) is 22.3. The summed E-state index contributed by atoms with van der Waals surface area (Å²) in [5.41, 5.74) is 6.26. The number of nitrogen functional groups attached to an aromatic ring is 1. The predicted octanol–water partition coefficient (Wildman–Crippen LogP) is 5.29. The third kappa shape index (κ3) is 7.17. The van der Waals surface area contributed by atoms with Gasteiger partial charge in [0.2, 0.25) is 5.91 Å². The average Bonchev–Trinajstić information content (AvgIpc) is 2.57. The first-order chi connectivity index (χ1) is 13.3. The number of alkyl halides is 3. The third-order valence-electron chi connectivity index (χ3n) is 3.78. The summed E-state index contributed by atoms with van der Waals surface area (Å²) in [6.07, 6.45) is -4.51. The minimum absolute atomic E-state index is 0.104. The Balaban J connectivity index is 2.01. The predicted molar refractivity (Wildman–Crippen MR) is 104 cm³/mol. The van der Waals surface area contributed by atoms with Crippen LogP contribution in [0.15, 0.2) is 36.4 Å². The zero-order chi connectivity index (χ0) is 21.8. The smallest absolute Gasteiger partial charge is 0.406 e. The second-order valence-corrected chi connectivity index (χ2v) is 7.72. The van der Waals surface area contributed by atoms with Crippen LogP contribution in [-0.2, 0) is 11.3 Å². The van der Waals surface area contributed by atoms with E-state index in [9.17, 15) is 22.4 Å². The van der Waals surface area contributed by atoms with E-state index in [1.165, 1.54) is 36.4 Å². The molecule has 2 aromatic carbocycles. The van der Waals surface area contributed by atoms with Crippen LogP contribution in [0.25, 0.3) is 0 Å². The van der Waals surface area contributed by atoms with Gasteiger partial charge in [-0.2, -0.15) is 0 Å². The van der Waals surface area contributed by atoms with Gasteiger partial charge in [-0.3, -0.25) is 4.79 Å². The maximum atomic E-state index is 14.5. The van der Waals surface area contributed by atoms with Crippen molar-refractivity contribution in [2.24, 2.45) is 5.41 Å². The Morgan fingerprint density at radius 2 is 1.62 bits per heavy atom. The second kappa shape index (κ2) is 8.59. The lowest BCUT2D eigenvalue weighted by Crippen LogP contribution is -2.20. The highest BCUT2D eigenvalue weighted by atomic mass is 19.4. The highest BCUT2D eigenvalue weighted by Gasteiger charge is 2.30. The minimum Gasteiger partial charge on any atom is -0.406 e. The molecule has 0 aliphatic heterocycles. The molecule has 0 saturated carbocycles. The normalized spacial score (nSPS) is 11.8. The largest absolute Gasteiger partial charge is 0.573 e. The van der Waals surface area contributed by atoms with Gasteiger partial charge in [0.25, 0.3) is 0 Å². The van der Waals surface area contributed by atoms with Crippen molar-refractivity contribution in [3.63, 3.8) is 0 Å². The summed E-state index contributed by atoms with van der Waals surface area (Å²) in [4.78, 5) is 12.0. The maximum Gasteiger partial charge on any atom is 0.573 e. The van der Waals surface area contributed by atoms with Gasteiger partial charge in [0.15, 0.2) is 5.82 Å². The number of nitrogens with one attached hydrogen (secondary N) is 2. The Kier molecular flexibility index (Phi) is 6.61. The van der Waals surface area contributed by atoms with Gasteiger partial charge in [0, 0.05) is 13.0 Å². The highest BCUT2D eigenvalue weighted by molar-refractivity contribution is 5.94. The summed E-state index contributed by atoms with van der Waals surface area (Å²) in [6.45, 7) is 5.88.